The van der Waals surface area contributed by atoms with Crippen LogP contribution in [0, 0.1) is 12.8 Å². The molecule has 1 amide bonds. The van der Waals surface area contributed by atoms with Crippen molar-refractivity contribution in [3.63, 3.8) is 0 Å². The van der Waals surface area contributed by atoms with E-state index in [0.29, 0.717) is 23.1 Å². The van der Waals surface area contributed by atoms with Crippen LogP contribution in [0.2, 0.25) is 0 Å². The molecule has 1 saturated heterocycles. The second-order valence-corrected chi connectivity index (χ2v) is 6.40. The van der Waals surface area contributed by atoms with E-state index in [0.717, 1.165) is 26.1 Å². The van der Waals surface area contributed by atoms with Crippen molar-refractivity contribution in [1.29, 1.82) is 0 Å². The number of hydrogen-bond donors (Lipinski definition) is 2. The SMILES string of the molecule is Cc1c(O)cccc1C(=O)N(CC1CC1)CC1CCCN1. The molecule has 0 aromatic heterocycles. The second-order valence-electron chi connectivity index (χ2n) is 6.40. The lowest BCUT2D eigenvalue weighted by atomic mass is 10.1. The fourth-order valence-corrected chi connectivity index (χ4v) is 3.06. The van der Waals surface area contributed by atoms with Crippen molar-refractivity contribution < 1.29 is 9.90 Å². The summed E-state index contributed by atoms with van der Waals surface area (Å²) in [6.45, 7) is 4.50. The summed E-state index contributed by atoms with van der Waals surface area (Å²) in [5.74, 6) is 0.934. The van der Waals surface area contributed by atoms with Gasteiger partial charge in [0.2, 0.25) is 0 Å². The van der Waals surface area contributed by atoms with E-state index in [2.05, 4.69) is 5.32 Å². The second kappa shape index (κ2) is 6.06. The van der Waals surface area contributed by atoms with Crippen LogP contribution >= 0.6 is 0 Å². The maximum absolute atomic E-state index is 12.9. The predicted molar refractivity (Wildman–Crippen MR) is 82.5 cm³/mol. The first-order chi connectivity index (χ1) is 10.1. The van der Waals surface area contributed by atoms with Crippen LogP contribution in [0.15, 0.2) is 18.2 Å². The van der Waals surface area contributed by atoms with E-state index in [-0.39, 0.29) is 11.7 Å². The van der Waals surface area contributed by atoms with Crippen molar-refractivity contribution in [2.24, 2.45) is 5.92 Å². The number of phenols is 1. The minimum atomic E-state index is 0.0593. The molecule has 1 aliphatic heterocycles. The normalized spacial score (nSPS) is 21.5. The molecule has 1 aromatic rings. The van der Waals surface area contributed by atoms with Crippen molar-refractivity contribution >= 4 is 5.91 Å². The third kappa shape index (κ3) is 3.38. The van der Waals surface area contributed by atoms with Crippen LogP contribution in [0.5, 0.6) is 5.75 Å². The molecule has 1 aliphatic carbocycles. The molecular weight excluding hydrogens is 264 g/mol. The summed E-state index contributed by atoms with van der Waals surface area (Å²) in [6, 6.07) is 5.62. The van der Waals surface area contributed by atoms with E-state index in [1.54, 1.807) is 12.1 Å². The molecule has 0 bridgehead atoms. The number of aromatic hydroxyl groups is 1. The zero-order chi connectivity index (χ0) is 14.8. The quantitative estimate of drug-likeness (QED) is 0.874. The van der Waals surface area contributed by atoms with Gasteiger partial charge >= 0.3 is 0 Å². The highest BCUT2D eigenvalue weighted by molar-refractivity contribution is 5.96. The first kappa shape index (κ1) is 14.4. The molecule has 0 radical (unpaired) electrons. The smallest absolute Gasteiger partial charge is 0.254 e. The van der Waals surface area contributed by atoms with Gasteiger partial charge in [0.05, 0.1) is 0 Å². The fourth-order valence-electron chi connectivity index (χ4n) is 3.06. The molecular formula is C17H24N2O2. The van der Waals surface area contributed by atoms with Crippen LogP contribution in [0.4, 0.5) is 0 Å². The lowest BCUT2D eigenvalue weighted by Gasteiger charge is -2.26. The lowest BCUT2D eigenvalue weighted by Crippen LogP contribution is -2.42. The molecule has 4 heteroatoms. The van der Waals surface area contributed by atoms with Gasteiger partial charge in [0, 0.05) is 30.3 Å². The molecule has 1 saturated carbocycles. The summed E-state index contributed by atoms with van der Waals surface area (Å²) in [5.41, 5.74) is 1.32. The van der Waals surface area contributed by atoms with E-state index in [9.17, 15) is 9.90 Å². The molecule has 114 valence electrons. The van der Waals surface area contributed by atoms with Gasteiger partial charge in [-0.25, -0.2) is 0 Å². The molecule has 1 heterocycles. The van der Waals surface area contributed by atoms with Crippen LogP contribution in [0.1, 0.15) is 41.6 Å². The third-order valence-electron chi connectivity index (χ3n) is 4.60. The van der Waals surface area contributed by atoms with Crippen LogP contribution in [0.3, 0.4) is 0 Å². The summed E-state index contributed by atoms with van der Waals surface area (Å²) in [7, 11) is 0. The number of rotatable bonds is 5. The maximum Gasteiger partial charge on any atom is 0.254 e. The number of hydrogen-bond acceptors (Lipinski definition) is 3. The number of phenolic OH excluding ortho intramolecular Hbond substituents is 1. The largest absolute Gasteiger partial charge is 0.508 e. The van der Waals surface area contributed by atoms with Crippen molar-refractivity contribution in [2.75, 3.05) is 19.6 Å². The highest BCUT2D eigenvalue weighted by Crippen LogP contribution is 2.31. The zero-order valence-corrected chi connectivity index (χ0v) is 12.6. The Morgan fingerprint density at radius 2 is 2.14 bits per heavy atom. The van der Waals surface area contributed by atoms with Gasteiger partial charge in [-0.3, -0.25) is 4.79 Å². The van der Waals surface area contributed by atoms with E-state index in [1.807, 2.05) is 17.9 Å². The standard InChI is InChI=1S/C17H24N2O2/c1-12-15(5-2-6-16(12)20)17(21)19(10-13-7-8-13)11-14-4-3-9-18-14/h2,5-6,13-14,18,20H,3-4,7-11H2,1H3. The van der Waals surface area contributed by atoms with Crippen molar-refractivity contribution in [3.05, 3.63) is 29.3 Å². The number of carbonyl (C=O) groups excluding carboxylic acids is 1. The van der Waals surface area contributed by atoms with Gasteiger partial charge in [-0.2, -0.15) is 0 Å². The summed E-state index contributed by atoms with van der Waals surface area (Å²) >= 11 is 0. The van der Waals surface area contributed by atoms with Gasteiger partial charge in [0.1, 0.15) is 5.75 Å². The lowest BCUT2D eigenvalue weighted by molar-refractivity contribution is 0.0732. The molecule has 2 aliphatic rings. The number of nitrogens with zero attached hydrogens (tertiary/aromatic N) is 1. The van der Waals surface area contributed by atoms with E-state index in [1.165, 1.54) is 19.3 Å². The van der Waals surface area contributed by atoms with Gasteiger partial charge in [0.15, 0.2) is 0 Å². The summed E-state index contributed by atoms with van der Waals surface area (Å²) in [6.07, 6.45) is 4.82. The molecule has 1 atom stereocenters. The zero-order valence-electron chi connectivity index (χ0n) is 12.6. The monoisotopic (exact) mass is 288 g/mol. The Labute approximate surface area is 126 Å². The first-order valence-corrected chi connectivity index (χ1v) is 7.96. The van der Waals surface area contributed by atoms with Gasteiger partial charge in [-0.05, 0) is 57.2 Å². The van der Waals surface area contributed by atoms with Crippen LogP contribution < -0.4 is 5.32 Å². The van der Waals surface area contributed by atoms with Gasteiger partial charge in [-0.1, -0.05) is 6.07 Å². The molecule has 21 heavy (non-hydrogen) atoms. The maximum atomic E-state index is 12.9. The van der Waals surface area contributed by atoms with Crippen LogP contribution in [-0.2, 0) is 0 Å². The molecule has 2 fully saturated rings. The minimum Gasteiger partial charge on any atom is -0.508 e. The van der Waals surface area contributed by atoms with Gasteiger partial charge < -0.3 is 15.3 Å². The van der Waals surface area contributed by atoms with Crippen LogP contribution in [0.25, 0.3) is 0 Å². The first-order valence-electron chi connectivity index (χ1n) is 7.96. The highest BCUT2D eigenvalue weighted by Gasteiger charge is 2.30. The third-order valence-corrected chi connectivity index (χ3v) is 4.60. The molecule has 4 nitrogen and oxygen atoms in total. The van der Waals surface area contributed by atoms with Crippen LogP contribution in [-0.4, -0.2) is 41.6 Å². The Bertz CT molecular complexity index is 520. The number of carbonyl (C=O) groups is 1. The Morgan fingerprint density at radius 1 is 1.33 bits per heavy atom. The van der Waals surface area contributed by atoms with Crippen molar-refractivity contribution in [1.82, 2.24) is 10.2 Å². The average molecular weight is 288 g/mol. The Balaban J connectivity index is 1.76. The molecule has 3 rings (SSSR count). The highest BCUT2D eigenvalue weighted by atomic mass is 16.3. The minimum absolute atomic E-state index is 0.0593. The summed E-state index contributed by atoms with van der Waals surface area (Å²) in [5, 5.41) is 13.3. The number of amides is 1. The van der Waals surface area contributed by atoms with Gasteiger partial charge in [-0.15, -0.1) is 0 Å². The molecule has 0 spiro atoms. The van der Waals surface area contributed by atoms with E-state index in [4.69, 9.17) is 0 Å². The van der Waals surface area contributed by atoms with E-state index < -0.39 is 0 Å². The number of benzene rings is 1. The molecule has 1 unspecified atom stereocenters. The fraction of sp³-hybridized carbons (Fsp3) is 0.588. The average Bonchev–Trinajstić information content (AvgIpc) is 3.14. The topological polar surface area (TPSA) is 52.6 Å². The van der Waals surface area contributed by atoms with E-state index >= 15 is 0 Å². The van der Waals surface area contributed by atoms with Gasteiger partial charge in [0.25, 0.3) is 5.91 Å². The number of nitrogens with one attached hydrogen (secondary N) is 1. The van der Waals surface area contributed by atoms with Crippen molar-refractivity contribution in [3.8, 4) is 5.75 Å². The Hall–Kier alpha value is -1.55. The predicted octanol–water partition coefficient (Wildman–Crippen LogP) is 2.30. The summed E-state index contributed by atoms with van der Waals surface area (Å²) in [4.78, 5) is 14.8. The molecule has 2 N–H and O–H groups in total. The summed E-state index contributed by atoms with van der Waals surface area (Å²) < 4.78 is 0. The Morgan fingerprint density at radius 3 is 2.81 bits per heavy atom. The van der Waals surface area contributed by atoms with Crippen molar-refractivity contribution in [2.45, 2.75) is 38.6 Å². The Kier molecular flexibility index (Phi) is 4.15. The molecule has 1 aromatic carbocycles.